The first-order valence-corrected chi connectivity index (χ1v) is 4.87. The number of hydrogen-bond donors (Lipinski definition) is 0. The van der Waals surface area contributed by atoms with Crippen molar-refractivity contribution >= 4 is 17.1 Å². The van der Waals surface area contributed by atoms with Gasteiger partial charge in [0.25, 0.3) is 6.01 Å². The van der Waals surface area contributed by atoms with Crippen molar-refractivity contribution in [1.29, 1.82) is 0 Å². The molecule has 80 valence electrons. The molecular weight excluding hydrogens is 192 g/mol. The van der Waals surface area contributed by atoms with Gasteiger partial charge in [-0.05, 0) is 12.1 Å². The molecule has 2 aromatic rings. The van der Waals surface area contributed by atoms with Gasteiger partial charge in [0.05, 0.1) is 6.61 Å². The number of methoxy groups -OCH3 is 1. The number of para-hydroxylation sites is 2. The molecule has 0 unspecified atom stereocenters. The van der Waals surface area contributed by atoms with Crippen molar-refractivity contribution in [3.05, 3.63) is 24.3 Å². The van der Waals surface area contributed by atoms with E-state index in [9.17, 15) is 0 Å². The minimum atomic E-state index is 0.633. The normalized spacial score (nSPS) is 10.8. The Hall–Kier alpha value is -1.55. The zero-order valence-corrected chi connectivity index (χ0v) is 8.93. The fourth-order valence-electron chi connectivity index (χ4n) is 1.35. The smallest absolute Gasteiger partial charge is 0.298 e. The molecule has 0 amide bonds. The number of likely N-dealkylation sites (N-methyl/N-ethyl adjacent to an activating group) is 1. The van der Waals surface area contributed by atoms with Gasteiger partial charge in [-0.15, -0.1) is 0 Å². The number of ether oxygens (including phenoxy) is 1. The SMILES string of the molecule is COCCN(C)c1nc2ccccc2o1. The molecule has 0 spiro atoms. The van der Waals surface area contributed by atoms with E-state index >= 15 is 0 Å². The summed E-state index contributed by atoms with van der Waals surface area (Å²) in [5.41, 5.74) is 1.70. The van der Waals surface area contributed by atoms with Crippen LogP contribution in [0.25, 0.3) is 11.1 Å². The summed E-state index contributed by atoms with van der Waals surface area (Å²) < 4.78 is 10.6. The van der Waals surface area contributed by atoms with Crippen molar-refractivity contribution < 1.29 is 9.15 Å². The summed E-state index contributed by atoms with van der Waals surface area (Å²) in [7, 11) is 3.61. The van der Waals surface area contributed by atoms with Crippen LogP contribution < -0.4 is 4.90 Å². The predicted octanol–water partition coefficient (Wildman–Crippen LogP) is 1.91. The van der Waals surface area contributed by atoms with E-state index in [0.29, 0.717) is 12.6 Å². The second-order valence-corrected chi connectivity index (χ2v) is 3.38. The lowest BCUT2D eigenvalue weighted by molar-refractivity contribution is 0.205. The molecule has 0 atom stereocenters. The van der Waals surface area contributed by atoms with Crippen LogP contribution in [0.2, 0.25) is 0 Å². The number of rotatable bonds is 4. The van der Waals surface area contributed by atoms with Crippen LogP contribution in [0, 0.1) is 0 Å². The van der Waals surface area contributed by atoms with Crippen LogP contribution in [0.4, 0.5) is 6.01 Å². The molecule has 15 heavy (non-hydrogen) atoms. The molecule has 0 bridgehead atoms. The van der Waals surface area contributed by atoms with Gasteiger partial charge in [-0.3, -0.25) is 0 Å². The van der Waals surface area contributed by atoms with E-state index in [1.54, 1.807) is 7.11 Å². The number of fused-ring (bicyclic) bond motifs is 1. The minimum Gasteiger partial charge on any atom is -0.423 e. The second kappa shape index (κ2) is 4.31. The fourth-order valence-corrected chi connectivity index (χ4v) is 1.35. The summed E-state index contributed by atoms with van der Waals surface area (Å²) in [5.74, 6) is 0. The highest BCUT2D eigenvalue weighted by molar-refractivity contribution is 5.74. The fraction of sp³-hybridized carbons (Fsp3) is 0.364. The van der Waals surface area contributed by atoms with E-state index in [1.165, 1.54) is 0 Å². The third kappa shape index (κ3) is 2.10. The molecular formula is C11H14N2O2. The van der Waals surface area contributed by atoms with E-state index in [2.05, 4.69) is 4.98 Å². The summed E-state index contributed by atoms with van der Waals surface area (Å²) in [6, 6.07) is 8.37. The molecule has 4 heteroatoms. The van der Waals surface area contributed by atoms with Crippen molar-refractivity contribution in [1.82, 2.24) is 4.98 Å². The maximum absolute atomic E-state index is 5.59. The lowest BCUT2D eigenvalue weighted by atomic mass is 10.3. The van der Waals surface area contributed by atoms with E-state index in [4.69, 9.17) is 9.15 Å². The quantitative estimate of drug-likeness (QED) is 0.766. The van der Waals surface area contributed by atoms with E-state index in [-0.39, 0.29) is 0 Å². The van der Waals surface area contributed by atoms with Gasteiger partial charge in [0.2, 0.25) is 0 Å². The number of oxazole rings is 1. The first-order valence-electron chi connectivity index (χ1n) is 4.87. The van der Waals surface area contributed by atoms with E-state index < -0.39 is 0 Å². The summed E-state index contributed by atoms with van der Waals surface area (Å²) in [4.78, 5) is 6.30. The molecule has 0 radical (unpaired) electrons. The first kappa shape index (κ1) is 9.98. The van der Waals surface area contributed by atoms with E-state index in [0.717, 1.165) is 17.6 Å². The second-order valence-electron chi connectivity index (χ2n) is 3.38. The molecule has 0 N–H and O–H groups in total. The van der Waals surface area contributed by atoms with Gasteiger partial charge in [0, 0.05) is 20.7 Å². The Balaban J connectivity index is 2.20. The number of nitrogens with zero attached hydrogens (tertiary/aromatic N) is 2. The molecule has 0 saturated carbocycles. The molecule has 1 aromatic carbocycles. The Labute approximate surface area is 88.5 Å². The zero-order chi connectivity index (χ0) is 10.7. The number of aromatic nitrogens is 1. The standard InChI is InChI=1S/C11H14N2O2/c1-13(7-8-14-2)11-12-9-5-3-4-6-10(9)15-11/h3-6H,7-8H2,1-2H3. The largest absolute Gasteiger partial charge is 0.423 e. The summed E-state index contributed by atoms with van der Waals surface area (Å²) in [6.45, 7) is 1.43. The number of anilines is 1. The molecule has 0 fully saturated rings. The Bertz CT molecular complexity index is 406. The molecule has 0 aliphatic rings. The Morgan fingerprint density at radius 2 is 2.20 bits per heavy atom. The maximum Gasteiger partial charge on any atom is 0.298 e. The van der Waals surface area contributed by atoms with Gasteiger partial charge in [-0.1, -0.05) is 12.1 Å². The lowest BCUT2D eigenvalue weighted by Crippen LogP contribution is -2.22. The highest BCUT2D eigenvalue weighted by Crippen LogP contribution is 2.20. The van der Waals surface area contributed by atoms with Crippen LogP contribution >= 0.6 is 0 Å². The number of benzene rings is 1. The molecule has 2 rings (SSSR count). The molecule has 4 nitrogen and oxygen atoms in total. The Kier molecular flexibility index (Phi) is 2.87. The van der Waals surface area contributed by atoms with E-state index in [1.807, 2.05) is 36.2 Å². The van der Waals surface area contributed by atoms with Crippen molar-refractivity contribution in [3.63, 3.8) is 0 Å². The summed E-state index contributed by atoms with van der Waals surface area (Å²) in [6.07, 6.45) is 0. The zero-order valence-electron chi connectivity index (χ0n) is 8.93. The van der Waals surface area contributed by atoms with Gasteiger partial charge in [0.15, 0.2) is 5.58 Å². The topological polar surface area (TPSA) is 38.5 Å². The van der Waals surface area contributed by atoms with Crippen LogP contribution in [0.3, 0.4) is 0 Å². The summed E-state index contributed by atoms with van der Waals surface area (Å²) >= 11 is 0. The molecule has 1 aromatic heterocycles. The van der Waals surface area contributed by atoms with Crippen LogP contribution in [-0.4, -0.2) is 32.3 Å². The molecule has 0 aliphatic heterocycles. The Morgan fingerprint density at radius 3 is 2.93 bits per heavy atom. The highest BCUT2D eigenvalue weighted by Gasteiger charge is 2.08. The van der Waals surface area contributed by atoms with Crippen molar-refractivity contribution in [2.45, 2.75) is 0 Å². The monoisotopic (exact) mass is 206 g/mol. The van der Waals surface area contributed by atoms with Gasteiger partial charge in [-0.2, -0.15) is 4.98 Å². The maximum atomic E-state index is 5.59. The Morgan fingerprint density at radius 1 is 1.40 bits per heavy atom. The number of hydrogen-bond acceptors (Lipinski definition) is 4. The predicted molar refractivity (Wildman–Crippen MR) is 59.2 cm³/mol. The van der Waals surface area contributed by atoms with Crippen LogP contribution in [0.5, 0.6) is 0 Å². The van der Waals surface area contributed by atoms with Crippen LogP contribution in [-0.2, 0) is 4.74 Å². The van der Waals surface area contributed by atoms with Crippen molar-refractivity contribution in [2.24, 2.45) is 0 Å². The average molecular weight is 206 g/mol. The molecule has 0 aliphatic carbocycles. The van der Waals surface area contributed by atoms with Crippen molar-refractivity contribution in [3.8, 4) is 0 Å². The van der Waals surface area contributed by atoms with Gasteiger partial charge in [0.1, 0.15) is 5.52 Å². The van der Waals surface area contributed by atoms with Crippen LogP contribution in [0.15, 0.2) is 28.7 Å². The summed E-state index contributed by atoms with van der Waals surface area (Å²) in [5, 5.41) is 0. The lowest BCUT2D eigenvalue weighted by Gasteiger charge is -2.12. The van der Waals surface area contributed by atoms with Gasteiger partial charge in [-0.25, -0.2) is 0 Å². The van der Waals surface area contributed by atoms with Gasteiger partial charge >= 0.3 is 0 Å². The third-order valence-corrected chi connectivity index (χ3v) is 2.24. The van der Waals surface area contributed by atoms with Crippen LogP contribution in [0.1, 0.15) is 0 Å². The third-order valence-electron chi connectivity index (χ3n) is 2.24. The minimum absolute atomic E-state index is 0.633. The highest BCUT2D eigenvalue weighted by atomic mass is 16.5. The molecule has 0 saturated heterocycles. The van der Waals surface area contributed by atoms with Gasteiger partial charge < -0.3 is 14.1 Å². The first-order chi connectivity index (χ1) is 7.31. The molecule has 1 heterocycles. The average Bonchev–Trinajstić information content (AvgIpc) is 2.69. The van der Waals surface area contributed by atoms with Crippen molar-refractivity contribution in [2.75, 3.05) is 32.2 Å².